The van der Waals surface area contributed by atoms with Gasteiger partial charge in [0.25, 0.3) is 0 Å². The van der Waals surface area contributed by atoms with Crippen LogP contribution in [0.2, 0.25) is 0 Å². The first-order valence-corrected chi connectivity index (χ1v) is 7.51. The van der Waals surface area contributed by atoms with Crippen LogP contribution in [0.4, 0.5) is 4.39 Å². The quantitative estimate of drug-likeness (QED) is 0.823. The van der Waals surface area contributed by atoms with Crippen molar-refractivity contribution < 1.29 is 4.39 Å². The van der Waals surface area contributed by atoms with Gasteiger partial charge in [0.05, 0.1) is 0 Å². The van der Waals surface area contributed by atoms with Gasteiger partial charge in [0.1, 0.15) is 5.82 Å². The number of hydrogen-bond acceptors (Lipinski definition) is 1. The van der Waals surface area contributed by atoms with E-state index >= 15 is 0 Å². The van der Waals surface area contributed by atoms with E-state index in [-0.39, 0.29) is 11.9 Å². The zero-order chi connectivity index (χ0) is 14.7. The van der Waals surface area contributed by atoms with Crippen molar-refractivity contribution in [3.8, 4) is 0 Å². The molecule has 0 aliphatic rings. The molecule has 0 fully saturated rings. The standard InChI is InChI=1S/C17H19BrFN/c1-11-4-6-15(9-17(11)19)13(3)20-10-14-5-7-16(18)12(2)8-14/h4-9,13,20H,10H2,1-3H3. The van der Waals surface area contributed by atoms with E-state index in [1.165, 1.54) is 11.1 Å². The molecule has 2 aromatic carbocycles. The Morgan fingerprint density at radius 3 is 2.50 bits per heavy atom. The molecule has 1 atom stereocenters. The molecule has 3 heteroatoms. The molecule has 0 aliphatic heterocycles. The Balaban J connectivity index is 2.02. The summed E-state index contributed by atoms with van der Waals surface area (Å²) < 4.78 is 14.7. The Labute approximate surface area is 128 Å². The number of aryl methyl sites for hydroxylation is 2. The summed E-state index contributed by atoms with van der Waals surface area (Å²) in [5, 5.41) is 3.43. The highest BCUT2D eigenvalue weighted by molar-refractivity contribution is 9.10. The van der Waals surface area contributed by atoms with Gasteiger partial charge >= 0.3 is 0 Å². The van der Waals surface area contributed by atoms with Crippen LogP contribution in [-0.4, -0.2) is 0 Å². The smallest absolute Gasteiger partial charge is 0.126 e. The molecule has 0 bridgehead atoms. The van der Waals surface area contributed by atoms with Gasteiger partial charge in [-0.25, -0.2) is 4.39 Å². The highest BCUT2D eigenvalue weighted by Crippen LogP contribution is 2.19. The van der Waals surface area contributed by atoms with Crippen LogP contribution in [0, 0.1) is 19.7 Å². The van der Waals surface area contributed by atoms with Crippen molar-refractivity contribution in [3.63, 3.8) is 0 Å². The summed E-state index contributed by atoms with van der Waals surface area (Å²) >= 11 is 3.50. The third-order valence-electron chi connectivity index (χ3n) is 3.53. The Kier molecular flexibility index (Phi) is 4.95. The van der Waals surface area contributed by atoms with E-state index in [1.54, 1.807) is 13.0 Å². The van der Waals surface area contributed by atoms with E-state index in [9.17, 15) is 4.39 Å². The SMILES string of the molecule is Cc1ccc(C(C)NCc2ccc(Br)c(C)c2)cc1F. The lowest BCUT2D eigenvalue weighted by atomic mass is 10.1. The van der Waals surface area contributed by atoms with Gasteiger partial charge in [-0.15, -0.1) is 0 Å². The molecule has 1 N–H and O–H groups in total. The average molecular weight is 336 g/mol. The van der Waals surface area contributed by atoms with E-state index in [1.807, 2.05) is 12.1 Å². The van der Waals surface area contributed by atoms with Crippen molar-refractivity contribution in [1.82, 2.24) is 5.32 Å². The Morgan fingerprint density at radius 1 is 1.10 bits per heavy atom. The maximum atomic E-state index is 13.6. The van der Waals surface area contributed by atoms with Gasteiger partial charge in [0.15, 0.2) is 0 Å². The molecular weight excluding hydrogens is 317 g/mol. The van der Waals surface area contributed by atoms with Crippen LogP contribution in [0.15, 0.2) is 40.9 Å². The van der Waals surface area contributed by atoms with Crippen molar-refractivity contribution in [3.05, 3.63) is 68.9 Å². The normalized spacial score (nSPS) is 12.4. The third-order valence-corrected chi connectivity index (χ3v) is 4.42. The second-order valence-corrected chi connectivity index (χ2v) is 6.05. The molecule has 2 aromatic rings. The van der Waals surface area contributed by atoms with Crippen LogP contribution >= 0.6 is 15.9 Å². The monoisotopic (exact) mass is 335 g/mol. The van der Waals surface area contributed by atoms with E-state index in [0.29, 0.717) is 5.56 Å². The number of nitrogens with one attached hydrogen (secondary N) is 1. The molecular formula is C17H19BrFN. The lowest BCUT2D eigenvalue weighted by Crippen LogP contribution is -2.18. The van der Waals surface area contributed by atoms with Gasteiger partial charge < -0.3 is 5.32 Å². The highest BCUT2D eigenvalue weighted by Gasteiger charge is 2.07. The molecule has 0 saturated heterocycles. The lowest BCUT2D eigenvalue weighted by Gasteiger charge is -2.15. The molecule has 20 heavy (non-hydrogen) atoms. The van der Waals surface area contributed by atoms with Crippen molar-refractivity contribution in [2.45, 2.75) is 33.4 Å². The van der Waals surface area contributed by atoms with Crippen LogP contribution in [0.25, 0.3) is 0 Å². The molecule has 0 radical (unpaired) electrons. The first kappa shape index (κ1) is 15.2. The molecule has 0 amide bonds. The van der Waals surface area contributed by atoms with Crippen LogP contribution in [0.5, 0.6) is 0 Å². The predicted molar refractivity (Wildman–Crippen MR) is 85.3 cm³/mol. The van der Waals surface area contributed by atoms with Crippen LogP contribution in [0.3, 0.4) is 0 Å². The molecule has 1 unspecified atom stereocenters. The van der Waals surface area contributed by atoms with Crippen LogP contribution < -0.4 is 5.32 Å². The second kappa shape index (κ2) is 6.51. The minimum Gasteiger partial charge on any atom is -0.306 e. The minimum atomic E-state index is -0.143. The summed E-state index contributed by atoms with van der Waals surface area (Å²) in [5.41, 5.74) is 4.11. The Hall–Kier alpha value is -1.19. The summed E-state index contributed by atoms with van der Waals surface area (Å²) in [7, 11) is 0. The van der Waals surface area contributed by atoms with Gasteiger partial charge in [-0.2, -0.15) is 0 Å². The van der Waals surface area contributed by atoms with Crippen molar-refractivity contribution in [2.75, 3.05) is 0 Å². The summed E-state index contributed by atoms with van der Waals surface area (Å²) in [4.78, 5) is 0. The van der Waals surface area contributed by atoms with Crippen molar-refractivity contribution in [2.24, 2.45) is 0 Å². The molecule has 0 saturated carbocycles. The fourth-order valence-electron chi connectivity index (χ4n) is 2.08. The van der Waals surface area contributed by atoms with E-state index in [0.717, 1.165) is 16.6 Å². The van der Waals surface area contributed by atoms with E-state index in [2.05, 4.69) is 53.3 Å². The van der Waals surface area contributed by atoms with Crippen molar-refractivity contribution >= 4 is 15.9 Å². The predicted octanol–water partition coefficient (Wildman–Crippen LogP) is 5.06. The zero-order valence-electron chi connectivity index (χ0n) is 12.0. The fraction of sp³-hybridized carbons (Fsp3) is 0.294. The number of hydrogen-bond donors (Lipinski definition) is 1. The van der Waals surface area contributed by atoms with Crippen LogP contribution in [0.1, 0.15) is 35.2 Å². The first-order chi connectivity index (χ1) is 9.47. The van der Waals surface area contributed by atoms with Gasteiger partial charge in [0.2, 0.25) is 0 Å². The van der Waals surface area contributed by atoms with Crippen molar-refractivity contribution in [1.29, 1.82) is 0 Å². The molecule has 0 aromatic heterocycles. The minimum absolute atomic E-state index is 0.119. The molecule has 0 aliphatic carbocycles. The molecule has 0 spiro atoms. The largest absolute Gasteiger partial charge is 0.306 e. The van der Waals surface area contributed by atoms with E-state index < -0.39 is 0 Å². The number of rotatable bonds is 4. The Morgan fingerprint density at radius 2 is 1.85 bits per heavy atom. The summed E-state index contributed by atoms with van der Waals surface area (Å²) in [6, 6.07) is 11.8. The molecule has 106 valence electrons. The average Bonchev–Trinajstić information content (AvgIpc) is 2.43. The molecule has 1 nitrogen and oxygen atoms in total. The molecule has 2 rings (SSSR count). The topological polar surface area (TPSA) is 12.0 Å². The van der Waals surface area contributed by atoms with Gasteiger partial charge in [-0.3, -0.25) is 0 Å². The highest BCUT2D eigenvalue weighted by atomic mass is 79.9. The summed E-state index contributed by atoms with van der Waals surface area (Å²) in [5.74, 6) is -0.143. The maximum Gasteiger partial charge on any atom is 0.126 e. The maximum absolute atomic E-state index is 13.6. The van der Waals surface area contributed by atoms with E-state index in [4.69, 9.17) is 0 Å². The number of benzene rings is 2. The second-order valence-electron chi connectivity index (χ2n) is 5.19. The first-order valence-electron chi connectivity index (χ1n) is 6.72. The summed E-state index contributed by atoms with van der Waals surface area (Å²) in [6.07, 6.45) is 0. The molecule has 0 heterocycles. The summed E-state index contributed by atoms with van der Waals surface area (Å²) in [6.45, 7) is 6.68. The van der Waals surface area contributed by atoms with Gasteiger partial charge in [-0.05, 0) is 55.2 Å². The van der Waals surface area contributed by atoms with Gasteiger partial charge in [0, 0.05) is 17.1 Å². The fourth-order valence-corrected chi connectivity index (χ4v) is 2.33. The lowest BCUT2D eigenvalue weighted by molar-refractivity contribution is 0.563. The third kappa shape index (κ3) is 3.68. The number of halogens is 2. The van der Waals surface area contributed by atoms with Crippen LogP contribution in [-0.2, 0) is 6.54 Å². The zero-order valence-corrected chi connectivity index (χ0v) is 13.6. The Bertz CT molecular complexity index is 610. The van der Waals surface area contributed by atoms with Gasteiger partial charge in [-0.1, -0.05) is 40.2 Å².